The Morgan fingerprint density at radius 2 is 1.80 bits per heavy atom. The van der Waals surface area contributed by atoms with Crippen molar-refractivity contribution >= 4 is 11.9 Å². The number of rotatable bonds is 4. The van der Waals surface area contributed by atoms with Crippen LogP contribution in [-0.4, -0.2) is 60.0 Å². The Morgan fingerprint density at radius 1 is 1.24 bits per heavy atom. The van der Waals surface area contributed by atoms with Crippen LogP contribution < -0.4 is 0 Å². The van der Waals surface area contributed by atoms with E-state index in [1.165, 1.54) is 0 Å². The predicted molar refractivity (Wildman–Crippen MR) is 94.6 cm³/mol. The molecule has 2 aliphatic rings. The summed E-state index contributed by atoms with van der Waals surface area (Å²) in [6.45, 7) is 7.17. The van der Waals surface area contributed by atoms with Gasteiger partial charge in [0.15, 0.2) is 0 Å². The normalized spacial score (nSPS) is 21.2. The van der Waals surface area contributed by atoms with E-state index in [2.05, 4.69) is 6.07 Å². The second-order valence-electron chi connectivity index (χ2n) is 8.43. The van der Waals surface area contributed by atoms with Crippen molar-refractivity contribution < 1.29 is 14.3 Å². The Kier molecular flexibility index (Phi) is 6.10. The highest BCUT2D eigenvalue weighted by atomic mass is 16.6. The first-order chi connectivity index (χ1) is 11.7. The van der Waals surface area contributed by atoms with E-state index >= 15 is 0 Å². The minimum atomic E-state index is -0.782. The maximum absolute atomic E-state index is 12.8. The van der Waals surface area contributed by atoms with Crippen LogP contribution in [0.25, 0.3) is 0 Å². The van der Waals surface area contributed by atoms with Crippen LogP contribution in [0.2, 0.25) is 0 Å². The summed E-state index contributed by atoms with van der Waals surface area (Å²) in [5, 5.41) is 9.49. The Bertz CT molecular complexity index is 533. The van der Waals surface area contributed by atoms with Crippen molar-refractivity contribution in [3.05, 3.63) is 0 Å². The second kappa shape index (κ2) is 7.74. The van der Waals surface area contributed by atoms with Crippen LogP contribution in [0.5, 0.6) is 0 Å². The Hall–Kier alpha value is -1.61. The van der Waals surface area contributed by atoms with E-state index in [-0.39, 0.29) is 24.5 Å². The number of ether oxygens (including phenoxy) is 1. The molecule has 0 aromatic heterocycles. The smallest absolute Gasteiger partial charge is 0.320 e. The standard InChI is InChI=1S/C19H31N3O3/c1-18(2,3)25-16(23)13-21(4)15-7-11-22(12-8-15)17(24)19(14-20)9-5-6-10-19/h15H,5-13H2,1-4H3. The van der Waals surface area contributed by atoms with Crippen molar-refractivity contribution in [2.24, 2.45) is 5.41 Å². The summed E-state index contributed by atoms with van der Waals surface area (Å²) >= 11 is 0. The lowest BCUT2D eigenvalue weighted by Crippen LogP contribution is -2.50. The topological polar surface area (TPSA) is 73.6 Å². The molecule has 0 aromatic rings. The Labute approximate surface area is 151 Å². The Balaban J connectivity index is 1.84. The molecule has 1 aliphatic heterocycles. The summed E-state index contributed by atoms with van der Waals surface area (Å²) in [6, 6.07) is 2.56. The van der Waals surface area contributed by atoms with E-state index in [9.17, 15) is 14.9 Å². The highest BCUT2D eigenvalue weighted by Crippen LogP contribution is 2.39. The van der Waals surface area contributed by atoms with Crippen molar-refractivity contribution in [3.8, 4) is 6.07 Å². The fourth-order valence-corrected chi connectivity index (χ4v) is 3.87. The van der Waals surface area contributed by atoms with Crippen LogP contribution in [0.15, 0.2) is 0 Å². The van der Waals surface area contributed by atoms with Gasteiger partial charge in [0.25, 0.3) is 0 Å². The van der Waals surface area contributed by atoms with Crippen LogP contribution in [0.4, 0.5) is 0 Å². The van der Waals surface area contributed by atoms with Gasteiger partial charge in [-0.15, -0.1) is 0 Å². The molecule has 1 heterocycles. The molecule has 2 fully saturated rings. The number of carbonyl (C=O) groups is 2. The first kappa shape index (κ1) is 19.7. The van der Waals surface area contributed by atoms with Crippen molar-refractivity contribution in [2.75, 3.05) is 26.7 Å². The first-order valence-electron chi connectivity index (χ1n) is 9.29. The van der Waals surface area contributed by atoms with Crippen LogP contribution in [-0.2, 0) is 14.3 Å². The second-order valence-corrected chi connectivity index (χ2v) is 8.43. The number of esters is 1. The predicted octanol–water partition coefficient (Wildman–Crippen LogP) is 2.33. The summed E-state index contributed by atoms with van der Waals surface area (Å²) < 4.78 is 5.37. The molecule has 2 rings (SSSR count). The van der Waals surface area contributed by atoms with Gasteiger partial charge in [0.2, 0.25) is 5.91 Å². The van der Waals surface area contributed by atoms with Crippen LogP contribution in [0, 0.1) is 16.7 Å². The number of hydrogen-bond donors (Lipinski definition) is 0. The molecule has 1 aliphatic carbocycles. The first-order valence-corrected chi connectivity index (χ1v) is 9.29. The summed E-state index contributed by atoms with van der Waals surface area (Å²) in [5.74, 6) is -0.205. The number of hydrogen-bond acceptors (Lipinski definition) is 5. The van der Waals surface area contributed by atoms with Gasteiger partial charge in [-0.1, -0.05) is 12.8 Å². The van der Waals surface area contributed by atoms with Gasteiger partial charge in [-0.25, -0.2) is 0 Å². The number of likely N-dealkylation sites (tertiary alicyclic amines) is 1. The molecule has 6 nitrogen and oxygen atoms in total. The number of piperidine rings is 1. The summed E-state index contributed by atoms with van der Waals surface area (Å²) in [4.78, 5) is 28.6. The number of carbonyl (C=O) groups excluding carboxylic acids is 2. The number of nitrogens with zero attached hydrogens (tertiary/aromatic N) is 3. The fraction of sp³-hybridized carbons (Fsp3) is 0.842. The zero-order chi connectivity index (χ0) is 18.7. The molecular weight excluding hydrogens is 318 g/mol. The van der Waals surface area contributed by atoms with Gasteiger partial charge in [0.05, 0.1) is 12.6 Å². The Morgan fingerprint density at radius 3 is 2.28 bits per heavy atom. The average Bonchev–Trinajstić information content (AvgIpc) is 3.02. The molecule has 25 heavy (non-hydrogen) atoms. The van der Waals surface area contributed by atoms with E-state index in [0.717, 1.165) is 25.7 Å². The van der Waals surface area contributed by atoms with Gasteiger partial charge in [0.1, 0.15) is 11.0 Å². The van der Waals surface area contributed by atoms with Gasteiger partial charge in [-0.3, -0.25) is 14.5 Å². The van der Waals surface area contributed by atoms with E-state index in [1.807, 2.05) is 37.6 Å². The molecule has 0 atom stereocenters. The SMILES string of the molecule is CN(CC(=O)OC(C)(C)C)C1CCN(C(=O)C2(C#N)CCCC2)CC1. The minimum absolute atomic E-state index is 0.0146. The van der Waals surface area contributed by atoms with E-state index in [0.29, 0.717) is 25.9 Å². The third kappa shape index (κ3) is 4.94. The molecule has 1 amide bonds. The molecule has 0 unspecified atom stereocenters. The molecule has 6 heteroatoms. The van der Waals surface area contributed by atoms with Crippen molar-refractivity contribution in [3.63, 3.8) is 0 Å². The lowest BCUT2D eigenvalue weighted by Gasteiger charge is -2.38. The van der Waals surface area contributed by atoms with Gasteiger partial charge in [0, 0.05) is 19.1 Å². The van der Waals surface area contributed by atoms with Gasteiger partial charge in [-0.05, 0) is 53.5 Å². The fourth-order valence-electron chi connectivity index (χ4n) is 3.87. The van der Waals surface area contributed by atoms with E-state index < -0.39 is 11.0 Å². The zero-order valence-corrected chi connectivity index (χ0v) is 16.0. The maximum atomic E-state index is 12.8. The minimum Gasteiger partial charge on any atom is -0.459 e. The number of amides is 1. The largest absolute Gasteiger partial charge is 0.459 e. The van der Waals surface area contributed by atoms with Crippen molar-refractivity contribution in [1.82, 2.24) is 9.80 Å². The highest BCUT2D eigenvalue weighted by Gasteiger charge is 2.44. The molecule has 1 saturated heterocycles. The molecular formula is C19H31N3O3. The zero-order valence-electron chi connectivity index (χ0n) is 16.0. The number of likely N-dealkylation sites (N-methyl/N-ethyl adjacent to an activating group) is 1. The van der Waals surface area contributed by atoms with Crippen LogP contribution >= 0.6 is 0 Å². The third-order valence-electron chi connectivity index (χ3n) is 5.25. The lowest BCUT2D eigenvalue weighted by molar-refractivity contribution is -0.157. The van der Waals surface area contributed by atoms with Gasteiger partial charge >= 0.3 is 5.97 Å². The van der Waals surface area contributed by atoms with Crippen LogP contribution in [0.3, 0.4) is 0 Å². The third-order valence-corrected chi connectivity index (χ3v) is 5.25. The average molecular weight is 349 g/mol. The summed E-state index contributed by atoms with van der Waals surface area (Å²) in [5.41, 5.74) is -1.25. The van der Waals surface area contributed by atoms with E-state index in [1.54, 1.807) is 0 Å². The summed E-state index contributed by atoms with van der Waals surface area (Å²) in [6.07, 6.45) is 4.98. The van der Waals surface area contributed by atoms with Gasteiger partial charge < -0.3 is 9.64 Å². The molecule has 140 valence electrons. The van der Waals surface area contributed by atoms with Crippen LogP contribution in [0.1, 0.15) is 59.3 Å². The molecule has 0 radical (unpaired) electrons. The molecule has 0 bridgehead atoms. The molecule has 0 spiro atoms. The summed E-state index contributed by atoms with van der Waals surface area (Å²) in [7, 11) is 1.93. The van der Waals surface area contributed by atoms with Gasteiger partial charge in [-0.2, -0.15) is 5.26 Å². The number of nitriles is 1. The molecule has 0 N–H and O–H groups in total. The highest BCUT2D eigenvalue weighted by molar-refractivity contribution is 5.86. The quantitative estimate of drug-likeness (QED) is 0.728. The molecule has 1 saturated carbocycles. The van der Waals surface area contributed by atoms with E-state index in [4.69, 9.17) is 4.74 Å². The molecule has 0 aromatic carbocycles. The van der Waals surface area contributed by atoms with Crippen molar-refractivity contribution in [1.29, 1.82) is 5.26 Å². The monoisotopic (exact) mass is 349 g/mol. The van der Waals surface area contributed by atoms with Crippen molar-refractivity contribution in [2.45, 2.75) is 70.9 Å². The maximum Gasteiger partial charge on any atom is 0.320 e. The lowest BCUT2D eigenvalue weighted by atomic mass is 9.85.